The second-order valence-electron chi connectivity index (χ2n) is 5.12. The number of aromatic carboxylic acids is 1. The molecule has 6 nitrogen and oxygen atoms in total. The highest BCUT2D eigenvalue weighted by Gasteiger charge is 2.31. The molecule has 2 rings (SSSR count). The van der Waals surface area contributed by atoms with Crippen molar-refractivity contribution in [3.63, 3.8) is 0 Å². The highest BCUT2D eigenvalue weighted by molar-refractivity contribution is 5.85. The van der Waals surface area contributed by atoms with E-state index < -0.39 is 5.97 Å². The zero-order valence-electron chi connectivity index (χ0n) is 11.3. The zero-order chi connectivity index (χ0) is 14.0. The van der Waals surface area contributed by atoms with Gasteiger partial charge in [-0.15, -0.1) is 0 Å². The average molecular weight is 264 g/mol. The van der Waals surface area contributed by atoms with Gasteiger partial charge in [0.2, 0.25) is 5.95 Å². The lowest BCUT2D eigenvalue weighted by Crippen LogP contribution is -2.30. The van der Waals surface area contributed by atoms with Crippen LogP contribution in [0.4, 0.5) is 5.95 Å². The molecule has 1 aromatic rings. The first-order valence-electron chi connectivity index (χ1n) is 6.60. The number of carboxylic acids is 1. The number of hydrogen-bond donors (Lipinski definition) is 2. The Morgan fingerprint density at radius 2 is 2.26 bits per heavy atom. The quantitative estimate of drug-likeness (QED) is 0.844. The van der Waals surface area contributed by atoms with E-state index in [-0.39, 0.29) is 11.7 Å². The van der Waals surface area contributed by atoms with Gasteiger partial charge in [0.1, 0.15) is 0 Å². The molecule has 0 aliphatic carbocycles. The van der Waals surface area contributed by atoms with Gasteiger partial charge < -0.3 is 15.7 Å². The van der Waals surface area contributed by atoms with Crippen molar-refractivity contribution in [3.8, 4) is 0 Å². The van der Waals surface area contributed by atoms with Crippen molar-refractivity contribution in [3.05, 3.63) is 17.5 Å². The number of carbonyl (C=O) groups is 1. The molecule has 2 unspecified atom stereocenters. The maximum atomic E-state index is 11.0. The summed E-state index contributed by atoms with van der Waals surface area (Å²) in [4.78, 5) is 21.4. The largest absolute Gasteiger partial charge is 0.477 e. The third kappa shape index (κ3) is 3.01. The molecule has 2 atom stereocenters. The van der Waals surface area contributed by atoms with Crippen LogP contribution in [0.15, 0.2) is 6.07 Å². The van der Waals surface area contributed by atoms with Crippen LogP contribution in [-0.4, -0.2) is 40.2 Å². The van der Waals surface area contributed by atoms with Crippen molar-refractivity contribution in [2.75, 3.05) is 18.0 Å². The van der Waals surface area contributed by atoms with E-state index in [9.17, 15) is 4.79 Å². The highest BCUT2D eigenvalue weighted by Crippen LogP contribution is 2.24. The first-order chi connectivity index (χ1) is 9.01. The fourth-order valence-corrected chi connectivity index (χ4v) is 2.54. The topological polar surface area (TPSA) is 92.3 Å². The Morgan fingerprint density at radius 3 is 2.89 bits per heavy atom. The molecule has 1 fully saturated rings. The first kappa shape index (κ1) is 13.7. The van der Waals surface area contributed by atoms with E-state index in [2.05, 4.69) is 16.9 Å². The van der Waals surface area contributed by atoms with Crippen LogP contribution in [0.1, 0.15) is 35.9 Å². The Morgan fingerprint density at radius 1 is 1.53 bits per heavy atom. The number of nitrogens with zero attached hydrogens (tertiary/aromatic N) is 3. The molecular formula is C13H20N4O2. The second kappa shape index (κ2) is 5.52. The fourth-order valence-electron chi connectivity index (χ4n) is 2.54. The smallest absolute Gasteiger partial charge is 0.354 e. The van der Waals surface area contributed by atoms with Crippen molar-refractivity contribution in [2.45, 2.75) is 32.7 Å². The van der Waals surface area contributed by atoms with Gasteiger partial charge in [-0.25, -0.2) is 14.8 Å². The molecule has 1 aliphatic heterocycles. The number of hydrogen-bond acceptors (Lipinski definition) is 5. The van der Waals surface area contributed by atoms with Crippen LogP contribution in [-0.2, 0) is 0 Å². The van der Waals surface area contributed by atoms with Gasteiger partial charge in [-0.2, -0.15) is 0 Å². The molecule has 2 heterocycles. The second-order valence-corrected chi connectivity index (χ2v) is 5.12. The van der Waals surface area contributed by atoms with Crippen LogP contribution in [0, 0.1) is 12.8 Å². The number of carboxylic acid groups (broad SMARTS) is 1. The van der Waals surface area contributed by atoms with Crippen LogP contribution in [0.5, 0.6) is 0 Å². The maximum absolute atomic E-state index is 11.0. The van der Waals surface area contributed by atoms with Gasteiger partial charge in [-0.1, -0.05) is 13.3 Å². The van der Waals surface area contributed by atoms with Gasteiger partial charge in [-0.05, 0) is 25.3 Å². The van der Waals surface area contributed by atoms with Crippen molar-refractivity contribution in [2.24, 2.45) is 11.7 Å². The van der Waals surface area contributed by atoms with Crippen molar-refractivity contribution in [1.29, 1.82) is 0 Å². The summed E-state index contributed by atoms with van der Waals surface area (Å²) < 4.78 is 0. The number of aromatic nitrogens is 2. The minimum Gasteiger partial charge on any atom is -0.477 e. The number of anilines is 1. The van der Waals surface area contributed by atoms with E-state index in [4.69, 9.17) is 10.8 Å². The minimum absolute atomic E-state index is 0.0370. The Bertz CT molecular complexity index is 478. The molecule has 1 aromatic heterocycles. The van der Waals surface area contributed by atoms with E-state index in [0.29, 0.717) is 24.1 Å². The lowest BCUT2D eigenvalue weighted by atomic mass is 9.99. The molecular weight excluding hydrogens is 244 g/mol. The van der Waals surface area contributed by atoms with Gasteiger partial charge in [0.05, 0.1) is 0 Å². The molecule has 104 valence electrons. The van der Waals surface area contributed by atoms with E-state index in [0.717, 1.165) is 19.4 Å². The van der Waals surface area contributed by atoms with Crippen molar-refractivity contribution < 1.29 is 9.90 Å². The summed E-state index contributed by atoms with van der Waals surface area (Å²) in [5, 5.41) is 9.03. The van der Waals surface area contributed by atoms with Crippen LogP contribution in [0.3, 0.4) is 0 Å². The van der Waals surface area contributed by atoms with Gasteiger partial charge in [0.15, 0.2) is 5.69 Å². The molecule has 1 saturated heterocycles. The van der Waals surface area contributed by atoms with Gasteiger partial charge in [-0.3, -0.25) is 0 Å². The number of aryl methyl sites for hydroxylation is 1. The summed E-state index contributed by atoms with van der Waals surface area (Å²) in [6.45, 7) is 5.41. The van der Waals surface area contributed by atoms with Gasteiger partial charge in [0, 0.05) is 24.8 Å². The van der Waals surface area contributed by atoms with E-state index in [1.165, 1.54) is 6.07 Å². The average Bonchev–Trinajstić information content (AvgIpc) is 2.71. The van der Waals surface area contributed by atoms with E-state index >= 15 is 0 Å². The molecule has 0 aromatic carbocycles. The van der Waals surface area contributed by atoms with Gasteiger partial charge in [0.25, 0.3) is 0 Å². The third-order valence-electron chi connectivity index (χ3n) is 3.50. The minimum atomic E-state index is -1.03. The molecule has 0 amide bonds. The Labute approximate surface area is 112 Å². The Hall–Kier alpha value is -1.69. The molecule has 0 radical (unpaired) electrons. The summed E-state index contributed by atoms with van der Waals surface area (Å²) in [6, 6.07) is 1.59. The lowest BCUT2D eigenvalue weighted by Gasteiger charge is -2.16. The molecule has 19 heavy (non-hydrogen) atoms. The third-order valence-corrected chi connectivity index (χ3v) is 3.50. The van der Waals surface area contributed by atoms with Gasteiger partial charge >= 0.3 is 5.97 Å². The number of nitrogens with two attached hydrogens (primary N) is 1. The molecule has 3 N–H and O–H groups in total. The maximum Gasteiger partial charge on any atom is 0.354 e. The van der Waals surface area contributed by atoms with E-state index in [1.54, 1.807) is 6.92 Å². The molecule has 0 saturated carbocycles. The lowest BCUT2D eigenvalue weighted by molar-refractivity contribution is 0.0690. The summed E-state index contributed by atoms with van der Waals surface area (Å²) in [5.41, 5.74) is 6.81. The highest BCUT2D eigenvalue weighted by atomic mass is 16.4. The van der Waals surface area contributed by atoms with E-state index in [1.807, 2.05) is 4.90 Å². The Balaban J connectivity index is 2.21. The molecule has 0 spiro atoms. The fraction of sp³-hybridized carbons (Fsp3) is 0.615. The SMILES string of the molecule is CCCC1CN(c2nc(C)cc(C(=O)O)n2)CC1N. The zero-order valence-corrected chi connectivity index (χ0v) is 11.3. The monoisotopic (exact) mass is 264 g/mol. The van der Waals surface area contributed by atoms with Crippen molar-refractivity contribution >= 4 is 11.9 Å². The molecule has 1 aliphatic rings. The first-order valence-corrected chi connectivity index (χ1v) is 6.60. The van der Waals surface area contributed by atoms with Crippen LogP contribution < -0.4 is 10.6 Å². The van der Waals surface area contributed by atoms with Crippen LogP contribution >= 0.6 is 0 Å². The predicted molar refractivity (Wildman–Crippen MR) is 72.3 cm³/mol. The molecule has 6 heteroatoms. The van der Waals surface area contributed by atoms with Crippen LogP contribution in [0.25, 0.3) is 0 Å². The summed E-state index contributed by atoms with van der Waals surface area (Å²) in [6.07, 6.45) is 2.18. The number of rotatable bonds is 4. The Kier molecular flexibility index (Phi) is 3.99. The summed E-state index contributed by atoms with van der Waals surface area (Å²) in [7, 11) is 0. The standard InChI is InChI=1S/C13H20N4O2/c1-3-4-9-6-17(7-10(9)14)13-15-8(2)5-11(16-13)12(18)19/h5,9-10H,3-4,6-7,14H2,1-2H3,(H,18,19). The van der Waals surface area contributed by atoms with Crippen molar-refractivity contribution in [1.82, 2.24) is 9.97 Å². The van der Waals surface area contributed by atoms with Crippen LogP contribution in [0.2, 0.25) is 0 Å². The molecule has 0 bridgehead atoms. The summed E-state index contributed by atoms with van der Waals surface area (Å²) in [5.74, 6) is -0.116. The predicted octanol–water partition coefficient (Wildman–Crippen LogP) is 1.05. The normalized spacial score (nSPS) is 22.8. The summed E-state index contributed by atoms with van der Waals surface area (Å²) >= 11 is 0.